The number of nitrogens with zero attached hydrogens (tertiary/aromatic N) is 3. The van der Waals surface area contributed by atoms with Gasteiger partial charge in [0.15, 0.2) is 5.96 Å². The first kappa shape index (κ1) is 23.4. The van der Waals surface area contributed by atoms with E-state index in [-0.39, 0.29) is 0 Å². The highest BCUT2D eigenvalue weighted by molar-refractivity contribution is 7.88. The normalized spacial score (nSPS) is 21.2. The van der Waals surface area contributed by atoms with E-state index in [0.717, 1.165) is 77.5 Å². The number of piperidine rings is 2. The Hall–Kier alpha value is -0.900. The number of methoxy groups -OCH3 is 1. The zero-order chi connectivity index (χ0) is 20.4. The van der Waals surface area contributed by atoms with Crippen molar-refractivity contribution in [3.63, 3.8) is 0 Å². The average molecular weight is 419 g/mol. The van der Waals surface area contributed by atoms with Gasteiger partial charge in [0.25, 0.3) is 0 Å². The zero-order valence-corrected chi connectivity index (χ0v) is 18.5. The molecule has 2 aliphatic heterocycles. The highest BCUT2D eigenvalue weighted by Gasteiger charge is 2.26. The topological polar surface area (TPSA) is 83.5 Å². The van der Waals surface area contributed by atoms with Crippen LogP contribution in [0.2, 0.25) is 0 Å². The molecule has 2 rings (SSSR count). The molecule has 0 unspecified atom stereocenters. The van der Waals surface area contributed by atoms with Crippen molar-refractivity contribution in [2.45, 2.75) is 45.1 Å². The molecule has 1 N–H and O–H groups in total. The minimum absolute atomic E-state index is 0.330. The fourth-order valence-corrected chi connectivity index (χ4v) is 4.63. The van der Waals surface area contributed by atoms with Gasteiger partial charge in [-0.2, -0.15) is 0 Å². The molecule has 0 radical (unpaired) electrons. The fourth-order valence-electron chi connectivity index (χ4n) is 3.75. The lowest BCUT2D eigenvalue weighted by molar-refractivity contribution is 0.00989. The van der Waals surface area contributed by atoms with Gasteiger partial charge in [0.2, 0.25) is 10.0 Å². The highest BCUT2D eigenvalue weighted by atomic mass is 32.2. The summed E-state index contributed by atoms with van der Waals surface area (Å²) in [4.78, 5) is 7.19. The maximum absolute atomic E-state index is 11.6. The Morgan fingerprint density at radius 3 is 2.36 bits per heavy atom. The Kier molecular flexibility index (Phi) is 9.98. The molecule has 0 aromatic heterocycles. The lowest BCUT2D eigenvalue weighted by Crippen LogP contribution is -2.47. The fraction of sp³-hybridized carbons (Fsp3) is 0.947. The first-order chi connectivity index (χ1) is 13.4. The number of rotatable bonds is 9. The van der Waals surface area contributed by atoms with E-state index in [4.69, 9.17) is 14.5 Å². The molecule has 2 heterocycles. The molecule has 2 saturated heterocycles. The summed E-state index contributed by atoms with van der Waals surface area (Å²) < 4.78 is 35.9. The second-order valence-corrected chi connectivity index (χ2v) is 9.69. The van der Waals surface area contributed by atoms with E-state index in [9.17, 15) is 8.42 Å². The largest absolute Gasteiger partial charge is 0.385 e. The number of guanidine groups is 1. The quantitative estimate of drug-likeness (QED) is 0.343. The van der Waals surface area contributed by atoms with E-state index >= 15 is 0 Å². The molecule has 0 saturated carbocycles. The van der Waals surface area contributed by atoms with E-state index in [1.807, 2.05) is 0 Å². The summed E-state index contributed by atoms with van der Waals surface area (Å²) in [5, 5.41) is 3.41. The highest BCUT2D eigenvalue weighted by Crippen LogP contribution is 2.20. The van der Waals surface area contributed by atoms with Crippen molar-refractivity contribution >= 4 is 16.0 Å². The Balaban J connectivity index is 1.77. The Morgan fingerprint density at radius 2 is 1.79 bits per heavy atom. The van der Waals surface area contributed by atoms with Crippen molar-refractivity contribution in [1.82, 2.24) is 14.5 Å². The predicted molar refractivity (Wildman–Crippen MR) is 112 cm³/mol. The molecule has 0 spiro atoms. The molecule has 0 amide bonds. The summed E-state index contributed by atoms with van der Waals surface area (Å²) in [6.45, 7) is 8.33. The monoisotopic (exact) mass is 418 g/mol. The van der Waals surface area contributed by atoms with Crippen LogP contribution in [0.15, 0.2) is 4.99 Å². The molecular formula is C19H38N4O4S. The summed E-state index contributed by atoms with van der Waals surface area (Å²) in [5.41, 5.74) is 0. The van der Waals surface area contributed by atoms with Crippen LogP contribution in [0.3, 0.4) is 0 Å². The molecule has 0 atom stereocenters. The van der Waals surface area contributed by atoms with Crippen molar-refractivity contribution in [2.75, 3.05) is 65.8 Å². The molecule has 2 aliphatic rings. The van der Waals surface area contributed by atoms with Crippen LogP contribution in [0.1, 0.15) is 39.0 Å². The summed E-state index contributed by atoms with van der Waals surface area (Å²) >= 11 is 0. The third-order valence-electron chi connectivity index (χ3n) is 5.46. The molecule has 164 valence electrons. The van der Waals surface area contributed by atoms with Gasteiger partial charge in [-0.05, 0) is 44.9 Å². The molecular weight excluding hydrogens is 380 g/mol. The summed E-state index contributed by atoms with van der Waals surface area (Å²) in [6.07, 6.45) is 6.37. The van der Waals surface area contributed by atoms with Gasteiger partial charge in [0.05, 0.1) is 12.4 Å². The second kappa shape index (κ2) is 11.9. The van der Waals surface area contributed by atoms with Gasteiger partial charge in [0.1, 0.15) is 0 Å². The summed E-state index contributed by atoms with van der Waals surface area (Å²) in [7, 11) is -1.35. The SMILES string of the molecule is CCNC(=NCC1CCN(S(C)(=O)=O)CC1)N1CCC(OCCCOC)CC1. The van der Waals surface area contributed by atoms with Gasteiger partial charge >= 0.3 is 0 Å². The van der Waals surface area contributed by atoms with Crippen molar-refractivity contribution in [2.24, 2.45) is 10.9 Å². The average Bonchev–Trinajstić information content (AvgIpc) is 2.69. The third-order valence-corrected chi connectivity index (χ3v) is 6.77. The van der Waals surface area contributed by atoms with Crippen LogP contribution in [0, 0.1) is 5.92 Å². The molecule has 0 aromatic carbocycles. The van der Waals surface area contributed by atoms with E-state index in [0.29, 0.717) is 25.1 Å². The van der Waals surface area contributed by atoms with E-state index in [2.05, 4.69) is 17.1 Å². The van der Waals surface area contributed by atoms with Gasteiger partial charge < -0.3 is 19.7 Å². The van der Waals surface area contributed by atoms with Crippen LogP contribution in [0.4, 0.5) is 0 Å². The Morgan fingerprint density at radius 1 is 1.11 bits per heavy atom. The van der Waals surface area contributed by atoms with Crippen LogP contribution in [-0.2, 0) is 19.5 Å². The summed E-state index contributed by atoms with van der Waals surface area (Å²) in [5.74, 6) is 1.43. The molecule has 8 nitrogen and oxygen atoms in total. The number of ether oxygens (including phenoxy) is 2. The smallest absolute Gasteiger partial charge is 0.211 e. The molecule has 2 fully saturated rings. The van der Waals surface area contributed by atoms with Gasteiger partial charge in [-0.25, -0.2) is 12.7 Å². The van der Waals surface area contributed by atoms with Crippen molar-refractivity contribution < 1.29 is 17.9 Å². The minimum Gasteiger partial charge on any atom is -0.385 e. The Bertz CT molecular complexity index is 568. The number of hydrogen-bond donors (Lipinski definition) is 1. The molecule has 9 heteroatoms. The number of nitrogens with one attached hydrogen (secondary N) is 1. The van der Waals surface area contributed by atoms with E-state index in [1.54, 1.807) is 11.4 Å². The van der Waals surface area contributed by atoms with Gasteiger partial charge in [-0.3, -0.25) is 4.99 Å². The lowest BCUT2D eigenvalue weighted by atomic mass is 9.98. The molecule has 0 bridgehead atoms. The summed E-state index contributed by atoms with van der Waals surface area (Å²) in [6, 6.07) is 0. The van der Waals surface area contributed by atoms with Gasteiger partial charge in [0, 0.05) is 59.6 Å². The second-order valence-electron chi connectivity index (χ2n) is 7.70. The number of likely N-dealkylation sites (tertiary alicyclic amines) is 1. The lowest BCUT2D eigenvalue weighted by Gasteiger charge is -2.35. The number of hydrogen-bond acceptors (Lipinski definition) is 5. The molecule has 0 aromatic rings. The number of sulfonamides is 1. The van der Waals surface area contributed by atoms with Crippen LogP contribution < -0.4 is 5.32 Å². The minimum atomic E-state index is -3.06. The van der Waals surface area contributed by atoms with E-state index in [1.165, 1.54) is 6.26 Å². The standard InChI is InChI=1S/C19H38N4O4S/c1-4-20-19(21-16-17-6-12-23(13-7-17)28(3,24)25)22-10-8-18(9-11-22)27-15-5-14-26-2/h17-18H,4-16H2,1-3H3,(H,20,21). The maximum atomic E-state index is 11.6. The van der Waals surface area contributed by atoms with Crippen molar-refractivity contribution in [3.05, 3.63) is 0 Å². The first-order valence-electron chi connectivity index (χ1n) is 10.5. The molecule has 0 aliphatic carbocycles. The zero-order valence-electron chi connectivity index (χ0n) is 17.7. The predicted octanol–water partition coefficient (Wildman–Crippen LogP) is 1.14. The van der Waals surface area contributed by atoms with Crippen LogP contribution >= 0.6 is 0 Å². The van der Waals surface area contributed by atoms with Gasteiger partial charge in [-0.1, -0.05) is 0 Å². The first-order valence-corrected chi connectivity index (χ1v) is 12.4. The molecule has 28 heavy (non-hydrogen) atoms. The third kappa shape index (κ3) is 7.85. The van der Waals surface area contributed by atoms with E-state index < -0.39 is 10.0 Å². The maximum Gasteiger partial charge on any atom is 0.211 e. The van der Waals surface area contributed by atoms with Crippen molar-refractivity contribution in [3.8, 4) is 0 Å². The van der Waals surface area contributed by atoms with Crippen LogP contribution in [0.5, 0.6) is 0 Å². The Labute approximate surface area is 170 Å². The number of aliphatic imine (C=N–C) groups is 1. The van der Waals surface area contributed by atoms with Crippen LogP contribution in [-0.4, -0.2) is 95.5 Å². The van der Waals surface area contributed by atoms with Crippen molar-refractivity contribution in [1.29, 1.82) is 0 Å². The van der Waals surface area contributed by atoms with Crippen LogP contribution in [0.25, 0.3) is 0 Å². The van der Waals surface area contributed by atoms with Gasteiger partial charge in [-0.15, -0.1) is 0 Å².